The van der Waals surface area contributed by atoms with E-state index in [-0.39, 0.29) is 17.2 Å². The highest BCUT2D eigenvalue weighted by molar-refractivity contribution is 6.33. The second-order valence-corrected chi connectivity index (χ2v) is 8.18. The molecule has 0 unspecified atom stereocenters. The summed E-state index contributed by atoms with van der Waals surface area (Å²) in [4.78, 5) is 43.6. The van der Waals surface area contributed by atoms with Crippen LogP contribution in [0.5, 0.6) is 0 Å². The summed E-state index contributed by atoms with van der Waals surface area (Å²) in [5.41, 5.74) is 0.725. The second-order valence-electron chi connectivity index (χ2n) is 7.77. The van der Waals surface area contributed by atoms with E-state index in [1.165, 1.54) is 17.2 Å². The van der Waals surface area contributed by atoms with Crippen LogP contribution in [0.2, 0.25) is 5.02 Å². The van der Waals surface area contributed by atoms with Gasteiger partial charge in [0.15, 0.2) is 11.5 Å². The molecule has 0 spiro atoms. The Morgan fingerprint density at radius 2 is 1.91 bits per heavy atom. The zero-order valence-corrected chi connectivity index (χ0v) is 18.0. The standard InChI is InChI=1S/C22H17ClN8O2/c23-14-8-10-30-17(14)22(33)31(13-5-2-1-3-6-13)19(28-30)15-7-4-9-29(15)20-16-18(24-11-26-20)25-12-27-21(16)32/h1-3,5-6,8,10-12,15H,4,7,9H2,(H,24,25,26,27,32)/t15-/m0/s1. The third-order valence-electron chi connectivity index (χ3n) is 5.92. The number of anilines is 1. The maximum atomic E-state index is 13.6. The van der Waals surface area contributed by atoms with Crippen LogP contribution in [0.25, 0.3) is 22.2 Å². The van der Waals surface area contributed by atoms with E-state index in [2.05, 4.69) is 19.9 Å². The predicted molar refractivity (Wildman–Crippen MR) is 123 cm³/mol. The van der Waals surface area contributed by atoms with Gasteiger partial charge in [-0.25, -0.2) is 19.5 Å². The molecule has 0 aliphatic carbocycles. The van der Waals surface area contributed by atoms with E-state index < -0.39 is 0 Å². The number of rotatable bonds is 3. The van der Waals surface area contributed by atoms with Gasteiger partial charge >= 0.3 is 0 Å². The minimum absolute atomic E-state index is 0.264. The SMILES string of the molecule is O=c1[nH]cnc2ncnc(N3CCC[C@H]3c3nn4ccc(Cl)c4c(=O)n3-c3ccccc3)c12. The molecule has 0 bridgehead atoms. The topological polar surface area (TPSA) is 114 Å². The summed E-state index contributed by atoms with van der Waals surface area (Å²) in [7, 11) is 0. The smallest absolute Gasteiger partial charge is 0.284 e. The molecule has 6 rings (SSSR count). The number of benzene rings is 1. The van der Waals surface area contributed by atoms with Gasteiger partial charge in [0.1, 0.15) is 23.0 Å². The van der Waals surface area contributed by atoms with E-state index in [4.69, 9.17) is 16.7 Å². The fraction of sp³-hybridized carbons (Fsp3) is 0.182. The van der Waals surface area contributed by atoms with Crippen LogP contribution in [0.15, 0.2) is 64.8 Å². The molecule has 11 heteroatoms. The van der Waals surface area contributed by atoms with Crippen LogP contribution in [-0.4, -0.2) is 40.7 Å². The number of aromatic nitrogens is 7. The number of halogens is 1. The van der Waals surface area contributed by atoms with Crippen LogP contribution >= 0.6 is 11.6 Å². The summed E-state index contributed by atoms with van der Waals surface area (Å²) in [5.74, 6) is 1.01. The highest BCUT2D eigenvalue weighted by Gasteiger charge is 2.34. The number of para-hydroxylation sites is 1. The zero-order chi connectivity index (χ0) is 22.5. The average Bonchev–Trinajstić information content (AvgIpc) is 3.46. The number of hydrogen-bond acceptors (Lipinski definition) is 7. The van der Waals surface area contributed by atoms with Crippen LogP contribution in [0, 0.1) is 0 Å². The zero-order valence-electron chi connectivity index (χ0n) is 17.2. The molecule has 1 N–H and O–H groups in total. The van der Waals surface area contributed by atoms with Crippen molar-refractivity contribution in [1.29, 1.82) is 0 Å². The highest BCUT2D eigenvalue weighted by atomic mass is 35.5. The van der Waals surface area contributed by atoms with Gasteiger partial charge in [-0.05, 0) is 31.0 Å². The van der Waals surface area contributed by atoms with Gasteiger partial charge in [0, 0.05) is 12.7 Å². The second kappa shape index (κ2) is 7.52. The van der Waals surface area contributed by atoms with E-state index in [9.17, 15) is 9.59 Å². The Balaban J connectivity index is 1.61. The normalized spacial score (nSPS) is 16.2. The molecule has 1 fully saturated rings. The first-order valence-corrected chi connectivity index (χ1v) is 10.8. The molecular weight excluding hydrogens is 444 g/mol. The molecule has 10 nitrogen and oxygen atoms in total. The summed E-state index contributed by atoms with van der Waals surface area (Å²) in [6.07, 6.45) is 5.95. The lowest BCUT2D eigenvalue weighted by atomic mass is 10.2. The number of nitrogens with one attached hydrogen (secondary N) is 1. The van der Waals surface area contributed by atoms with Crippen molar-refractivity contribution >= 4 is 34.0 Å². The number of hydrogen-bond donors (Lipinski definition) is 1. The molecule has 1 atom stereocenters. The molecule has 164 valence electrons. The summed E-state index contributed by atoms with van der Waals surface area (Å²) < 4.78 is 3.11. The van der Waals surface area contributed by atoms with Gasteiger partial charge in [0.2, 0.25) is 0 Å². The molecule has 5 heterocycles. The van der Waals surface area contributed by atoms with Gasteiger partial charge in [-0.3, -0.25) is 14.2 Å². The van der Waals surface area contributed by atoms with Crippen LogP contribution in [0.3, 0.4) is 0 Å². The third kappa shape index (κ3) is 3.02. The fourth-order valence-corrected chi connectivity index (χ4v) is 4.71. The first-order chi connectivity index (χ1) is 16.1. The summed E-state index contributed by atoms with van der Waals surface area (Å²) in [6, 6.07) is 10.7. The number of fused-ring (bicyclic) bond motifs is 2. The van der Waals surface area contributed by atoms with Crippen molar-refractivity contribution in [2.75, 3.05) is 11.4 Å². The Morgan fingerprint density at radius 1 is 1.06 bits per heavy atom. The average molecular weight is 461 g/mol. The number of H-pyrrole nitrogens is 1. The van der Waals surface area contributed by atoms with E-state index in [1.54, 1.807) is 16.8 Å². The van der Waals surface area contributed by atoms with E-state index >= 15 is 0 Å². The van der Waals surface area contributed by atoms with E-state index in [0.717, 1.165) is 12.8 Å². The molecule has 1 aromatic carbocycles. The summed E-state index contributed by atoms with van der Waals surface area (Å²) in [6.45, 7) is 0.639. The molecule has 0 radical (unpaired) electrons. The molecule has 1 saturated heterocycles. The third-order valence-corrected chi connectivity index (χ3v) is 6.22. The van der Waals surface area contributed by atoms with Gasteiger partial charge in [-0.2, -0.15) is 5.10 Å². The van der Waals surface area contributed by atoms with Gasteiger partial charge in [-0.15, -0.1) is 0 Å². The lowest BCUT2D eigenvalue weighted by Gasteiger charge is -2.27. The quantitative estimate of drug-likeness (QED) is 0.440. The van der Waals surface area contributed by atoms with Crippen LogP contribution in [0.1, 0.15) is 24.7 Å². The van der Waals surface area contributed by atoms with Crippen LogP contribution in [-0.2, 0) is 0 Å². The molecule has 1 aliphatic rings. The molecule has 1 aliphatic heterocycles. The van der Waals surface area contributed by atoms with Crippen molar-refractivity contribution in [3.8, 4) is 5.69 Å². The van der Waals surface area contributed by atoms with Crippen molar-refractivity contribution < 1.29 is 0 Å². The first kappa shape index (κ1) is 19.6. The lowest BCUT2D eigenvalue weighted by Crippen LogP contribution is -2.33. The van der Waals surface area contributed by atoms with Crippen molar-refractivity contribution in [2.45, 2.75) is 18.9 Å². The Labute approximate surface area is 191 Å². The minimum atomic E-state index is -0.317. The predicted octanol–water partition coefficient (Wildman–Crippen LogP) is 2.51. The first-order valence-electron chi connectivity index (χ1n) is 10.4. The maximum Gasteiger partial charge on any atom is 0.284 e. The van der Waals surface area contributed by atoms with Crippen molar-refractivity contribution in [3.05, 3.63) is 86.8 Å². The summed E-state index contributed by atoms with van der Waals surface area (Å²) >= 11 is 6.31. The Bertz CT molecular complexity index is 1620. The van der Waals surface area contributed by atoms with Gasteiger partial charge in [0.05, 0.1) is 23.1 Å². The molecule has 5 aromatic rings. The van der Waals surface area contributed by atoms with Crippen molar-refractivity contribution in [2.24, 2.45) is 0 Å². The van der Waals surface area contributed by atoms with Crippen molar-refractivity contribution in [1.82, 2.24) is 34.1 Å². The fourth-order valence-electron chi connectivity index (χ4n) is 4.49. The molecule has 0 saturated carbocycles. The van der Waals surface area contributed by atoms with Crippen molar-refractivity contribution in [3.63, 3.8) is 0 Å². The Morgan fingerprint density at radius 3 is 2.76 bits per heavy atom. The van der Waals surface area contributed by atoms with Crippen LogP contribution < -0.4 is 16.0 Å². The molecule has 33 heavy (non-hydrogen) atoms. The highest BCUT2D eigenvalue weighted by Crippen LogP contribution is 2.36. The van der Waals surface area contributed by atoms with Gasteiger partial charge in [-0.1, -0.05) is 29.8 Å². The molecule has 4 aromatic heterocycles. The van der Waals surface area contributed by atoms with E-state index in [0.29, 0.717) is 45.4 Å². The molecule has 0 amide bonds. The van der Waals surface area contributed by atoms with Crippen LogP contribution in [0.4, 0.5) is 5.82 Å². The number of aromatic amines is 1. The summed E-state index contributed by atoms with van der Waals surface area (Å²) in [5, 5.41) is 5.45. The molecular formula is C22H17ClN8O2. The van der Waals surface area contributed by atoms with Gasteiger partial charge < -0.3 is 9.88 Å². The largest absolute Gasteiger partial charge is 0.345 e. The Kier molecular flexibility index (Phi) is 4.47. The van der Waals surface area contributed by atoms with E-state index in [1.807, 2.05) is 35.2 Å². The van der Waals surface area contributed by atoms with Gasteiger partial charge in [0.25, 0.3) is 11.1 Å². The minimum Gasteiger partial charge on any atom is -0.345 e. The Hall–Kier alpha value is -4.05. The lowest BCUT2D eigenvalue weighted by molar-refractivity contribution is 0.602. The maximum absolute atomic E-state index is 13.6. The monoisotopic (exact) mass is 460 g/mol. The number of nitrogens with zero attached hydrogens (tertiary/aromatic N) is 7.